The molecule has 0 aromatic heterocycles. The number of urea groups is 1. The van der Waals surface area contributed by atoms with E-state index in [0.717, 1.165) is 11.1 Å². The van der Waals surface area contributed by atoms with Crippen LogP contribution in [0.2, 0.25) is 0 Å². The first-order valence-corrected chi connectivity index (χ1v) is 11.0. The van der Waals surface area contributed by atoms with Gasteiger partial charge in [0.2, 0.25) is 5.91 Å². The molecule has 174 valence electrons. The maximum atomic E-state index is 13.1. The molecule has 3 atom stereocenters. The number of benzene rings is 2. The molecule has 9 nitrogen and oxygen atoms in total. The van der Waals surface area contributed by atoms with Crippen LogP contribution in [0.5, 0.6) is 5.75 Å². The van der Waals surface area contributed by atoms with Gasteiger partial charge in [-0.05, 0) is 42.7 Å². The van der Waals surface area contributed by atoms with Gasteiger partial charge in [-0.15, -0.1) is 0 Å². The Hall–Kier alpha value is -3.14. The van der Waals surface area contributed by atoms with Gasteiger partial charge in [0, 0.05) is 0 Å². The van der Waals surface area contributed by atoms with Crippen molar-refractivity contribution in [3.8, 4) is 5.75 Å². The quantitative estimate of drug-likeness (QED) is 0.691. The fourth-order valence-electron chi connectivity index (χ4n) is 4.59. The summed E-state index contributed by atoms with van der Waals surface area (Å²) in [5.41, 5.74) is 8.10. The van der Waals surface area contributed by atoms with Crippen molar-refractivity contribution in [3.63, 3.8) is 0 Å². The standard InChI is InChI=1S/C24H27N3O6/c1-24(2)31-14-17(33-24)13-30-16-8-9-18-19(10-16)20-11-26(21(18)22(25)28)23(29)27(20)32-12-15-6-4-3-5-7-15/h3-10,17,20-21H,11-14H2,1-2H3,(H2,25,28)/t17?,20-,21?/m1/s1. The van der Waals surface area contributed by atoms with E-state index in [4.69, 9.17) is 24.8 Å². The lowest BCUT2D eigenvalue weighted by Gasteiger charge is -2.31. The summed E-state index contributed by atoms with van der Waals surface area (Å²) in [4.78, 5) is 32.8. The van der Waals surface area contributed by atoms with Crippen molar-refractivity contribution in [3.05, 3.63) is 65.2 Å². The number of primary amides is 1. The van der Waals surface area contributed by atoms with Crippen LogP contribution >= 0.6 is 0 Å². The molecule has 33 heavy (non-hydrogen) atoms. The van der Waals surface area contributed by atoms with Crippen LogP contribution < -0.4 is 10.5 Å². The molecule has 2 fully saturated rings. The van der Waals surface area contributed by atoms with E-state index < -0.39 is 17.7 Å². The number of fused-ring (bicyclic) bond motifs is 4. The largest absolute Gasteiger partial charge is 0.491 e. The molecule has 0 saturated carbocycles. The highest BCUT2D eigenvalue weighted by Crippen LogP contribution is 2.45. The third kappa shape index (κ3) is 4.15. The molecule has 2 aromatic carbocycles. The number of ether oxygens (including phenoxy) is 3. The first kappa shape index (κ1) is 21.7. The summed E-state index contributed by atoms with van der Waals surface area (Å²) in [7, 11) is 0. The molecule has 3 aliphatic rings. The number of carbonyl (C=O) groups is 2. The summed E-state index contributed by atoms with van der Waals surface area (Å²) in [6.07, 6.45) is -0.177. The van der Waals surface area contributed by atoms with E-state index in [1.54, 1.807) is 12.1 Å². The second-order valence-corrected chi connectivity index (χ2v) is 8.89. The number of nitrogens with two attached hydrogens (primary N) is 1. The molecule has 2 aromatic rings. The van der Waals surface area contributed by atoms with E-state index in [-0.39, 0.29) is 24.8 Å². The molecule has 0 aliphatic carbocycles. The van der Waals surface area contributed by atoms with Gasteiger partial charge in [-0.1, -0.05) is 36.4 Å². The molecule has 2 unspecified atom stereocenters. The van der Waals surface area contributed by atoms with Crippen LogP contribution in [0.25, 0.3) is 0 Å². The minimum Gasteiger partial charge on any atom is -0.491 e. The molecule has 3 amide bonds. The molecule has 5 rings (SSSR count). The summed E-state index contributed by atoms with van der Waals surface area (Å²) < 4.78 is 17.3. The summed E-state index contributed by atoms with van der Waals surface area (Å²) in [5, 5.41) is 1.34. The second-order valence-electron chi connectivity index (χ2n) is 8.89. The van der Waals surface area contributed by atoms with Gasteiger partial charge in [-0.3, -0.25) is 9.63 Å². The molecule has 3 aliphatic heterocycles. The van der Waals surface area contributed by atoms with E-state index >= 15 is 0 Å². The van der Waals surface area contributed by atoms with E-state index in [2.05, 4.69) is 0 Å². The normalized spacial score (nSPS) is 25.3. The number of hydroxylamine groups is 2. The van der Waals surface area contributed by atoms with E-state index in [1.165, 1.54) is 9.96 Å². The van der Waals surface area contributed by atoms with Crippen LogP contribution in [0.3, 0.4) is 0 Å². The van der Waals surface area contributed by atoms with Crippen molar-refractivity contribution in [2.45, 2.75) is 44.4 Å². The highest BCUT2D eigenvalue weighted by Gasteiger charge is 2.50. The van der Waals surface area contributed by atoms with Gasteiger partial charge < -0.3 is 24.8 Å². The van der Waals surface area contributed by atoms with Gasteiger partial charge in [0.15, 0.2) is 5.79 Å². The van der Waals surface area contributed by atoms with Gasteiger partial charge in [-0.2, -0.15) is 5.06 Å². The van der Waals surface area contributed by atoms with Gasteiger partial charge in [0.25, 0.3) is 0 Å². The zero-order valence-corrected chi connectivity index (χ0v) is 18.6. The monoisotopic (exact) mass is 453 g/mol. The summed E-state index contributed by atoms with van der Waals surface area (Å²) in [5.74, 6) is -0.593. The summed E-state index contributed by atoms with van der Waals surface area (Å²) in [6, 6.07) is 13.4. The third-order valence-corrected chi connectivity index (χ3v) is 6.10. The maximum Gasteiger partial charge on any atom is 0.345 e. The summed E-state index contributed by atoms with van der Waals surface area (Å²) in [6.45, 7) is 5.05. The maximum absolute atomic E-state index is 13.1. The van der Waals surface area contributed by atoms with Crippen LogP contribution in [0.4, 0.5) is 4.79 Å². The lowest BCUT2D eigenvalue weighted by Crippen LogP contribution is -2.41. The molecular formula is C24H27N3O6. The van der Waals surface area contributed by atoms with Crippen LogP contribution in [0, 0.1) is 0 Å². The number of nitrogens with zero attached hydrogens (tertiary/aromatic N) is 2. The Kier molecular flexibility index (Phi) is 5.48. The van der Waals surface area contributed by atoms with Crippen molar-refractivity contribution >= 4 is 11.9 Å². The van der Waals surface area contributed by atoms with E-state index in [0.29, 0.717) is 31.1 Å². The zero-order valence-electron chi connectivity index (χ0n) is 18.6. The Balaban J connectivity index is 1.38. The van der Waals surface area contributed by atoms with E-state index in [9.17, 15) is 9.59 Å². The fourth-order valence-corrected chi connectivity index (χ4v) is 4.59. The minimum absolute atomic E-state index is 0.177. The molecule has 0 spiro atoms. The topological polar surface area (TPSA) is 104 Å². The SMILES string of the molecule is CC1(C)OCC(COc2ccc3c(c2)[C@H]2CN(C(=O)N2OCc2ccccc2)C3C(N)=O)O1. The molecular weight excluding hydrogens is 426 g/mol. The fraction of sp³-hybridized carbons (Fsp3) is 0.417. The number of carbonyl (C=O) groups excluding carboxylic acids is 2. The number of hydrogen-bond acceptors (Lipinski definition) is 6. The zero-order chi connectivity index (χ0) is 23.2. The first-order chi connectivity index (χ1) is 15.8. The van der Waals surface area contributed by atoms with Gasteiger partial charge in [0.1, 0.15) is 37.2 Å². The molecule has 3 heterocycles. The van der Waals surface area contributed by atoms with E-state index in [1.807, 2.05) is 50.2 Å². The average molecular weight is 453 g/mol. The molecule has 2 N–H and O–H groups in total. The number of amides is 3. The lowest BCUT2D eigenvalue weighted by molar-refractivity contribution is -0.141. The van der Waals surface area contributed by atoms with Gasteiger partial charge in [-0.25, -0.2) is 4.79 Å². The Morgan fingerprint density at radius 3 is 2.67 bits per heavy atom. The first-order valence-electron chi connectivity index (χ1n) is 11.0. The average Bonchev–Trinajstić information content (AvgIpc) is 3.28. The van der Waals surface area contributed by atoms with Crippen LogP contribution in [0.15, 0.2) is 48.5 Å². The lowest BCUT2D eigenvalue weighted by atomic mass is 9.90. The number of rotatable bonds is 7. The van der Waals surface area contributed by atoms with Crippen LogP contribution in [-0.4, -0.2) is 53.6 Å². The predicted molar refractivity (Wildman–Crippen MR) is 117 cm³/mol. The highest BCUT2D eigenvalue weighted by atomic mass is 16.7. The van der Waals surface area contributed by atoms with Crippen LogP contribution in [0.1, 0.15) is 42.6 Å². The Labute approximate surface area is 191 Å². The third-order valence-electron chi connectivity index (χ3n) is 6.10. The van der Waals surface area contributed by atoms with Crippen molar-refractivity contribution in [1.29, 1.82) is 0 Å². The van der Waals surface area contributed by atoms with Crippen molar-refractivity contribution in [2.24, 2.45) is 5.73 Å². The summed E-state index contributed by atoms with van der Waals surface area (Å²) >= 11 is 0. The molecule has 0 radical (unpaired) electrons. The van der Waals surface area contributed by atoms with Crippen molar-refractivity contribution in [2.75, 3.05) is 19.8 Å². The highest BCUT2D eigenvalue weighted by molar-refractivity contribution is 5.90. The smallest absolute Gasteiger partial charge is 0.345 e. The van der Waals surface area contributed by atoms with Gasteiger partial charge in [0.05, 0.1) is 13.2 Å². The molecule has 2 saturated heterocycles. The Bertz CT molecular complexity index is 1060. The Morgan fingerprint density at radius 1 is 1.18 bits per heavy atom. The molecule has 2 bridgehead atoms. The van der Waals surface area contributed by atoms with Crippen LogP contribution in [-0.2, 0) is 25.7 Å². The molecule has 9 heteroatoms. The van der Waals surface area contributed by atoms with Crippen molar-refractivity contribution < 1.29 is 28.6 Å². The second kappa shape index (κ2) is 8.33. The Morgan fingerprint density at radius 2 is 1.97 bits per heavy atom. The minimum atomic E-state index is -0.851. The predicted octanol–water partition coefficient (Wildman–Crippen LogP) is 2.67. The van der Waals surface area contributed by atoms with Gasteiger partial charge >= 0.3 is 6.03 Å². The number of hydrogen-bond donors (Lipinski definition) is 1. The van der Waals surface area contributed by atoms with Crippen molar-refractivity contribution in [1.82, 2.24) is 9.96 Å².